The fraction of sp³-hybridized carbons (Fsp3) is 0.0894. The van der Waals surface area contributed by atoms with E-state index in [1.165, 1.54) is 144 Å². The molecule has 1 atom stereocenters. The maximum absolute atomic E-state index is 5.93. The van der Waals surface area contributed by atoms with Crippen LogP contribution in [0.3, 0.4) is 0 Å². The van der Waals surface area contributed by atoms with Crippen molar-refractivity contribution >= 4 is 166 Å². The largest absolute Gasteiger partial charge is 0.278 e. The van der Waals surface area contributed by atoms with Crippen LogP contribution in [0.4, 0.5) is 0 Å². The first-order valence-corrected chi connectivity index (χ1v) is 49.2. The molecule has 29 rings (SSSR count). The second kappa shape index (κ2) is 28.4. The van der Waals surface area contributed by atoms with Crippen molar-refractivity contribution in [3.05, 3.63) is 409 Å². The lowest BCUT2D eigenvalue weighted by Gasteiger charge is -2.28. The number of rotatable bonds is 11. The molecule has 0 fully saturated rings. The molecule has 0 aliphatic heterocycles. The van der Waals surface area contributed by atoms with Crippen molar-refractivity contribution in [3.8, 4) is 108 Å². The molecule has 16 aromatic carbocycles. The number of para-hydroxylation sites is 1. The third-order valence-electron chi connectivity index (χ3n) is 30.1. The topological polar surface area (TPSA) is 92.1 Å². The zero-order valence-corrected chi connectivity index (χ0v) is 77.0. The fourth-order valence-corrected chi connectivity index (χ4v) is 27.7. The van der Waals surface area contributed by atoms with Crippen molar-refractivity contribution in [2.24, 2.45) is 0 Å². The van der Waals surface area contributed by atoms with E-state index in [2.05, 4.69) is 412 Å². The summed E-state index contributed by atoms with van der Waals surface area (Å²) in [5, 5.41) is 14.4. The quantitative estimate of drug-likeness (QED) is 0.128. The Bertz CT molecular complexity index is 9610. The molecule has 9 aromatic heterocycles. The van der Waals surface area contributed by atoms with Crippen molar-refractivity contribution in [1.29, 1.82) is 0 Å². The fourth-order valence-electron chi connectivity index (χ4n) is 24.2. The SMILES string of the molecule is CC1(C)C2=C(CCC=C2)c2c1c1c3c(ccc1n2-c1nc(-c2ccccc2)c2cc(-c4ccc(-c5ccc6c(c5)sc5ccc7c(c8c(n7-c7nc(-c9cccc(CC%10(C)c%11ccccc%11-c%11c%10c%10ccc%12c%13ccccc%13sc%12c%10n%11-c%10nc(-c%11ccccc%11)c%11cc(-c%12ccccc%12)ccc%11n%10)c9)c9ccccc9n7)-c7ccccc7C8(C)C)c56)cc4)ccc2n1)sc1ccccc13. The van der Waals surface area contributed by atoms with Gasteiger partial charge in [-0.05, 0) is 176 Å². The molecular formula is C123H81N9S3. The summed E-state index contributed by atoms with van der Waals surface area (Å²) in [6.45, 7) is 12.1. The maximum Gasteiger partial charge on any atom is 0.235 e. The molecule has 12 heteroatoms. The molecule has 0 N–H and O–H groups in total. The van der Waals surface area contributed by atoms with Crippen LogP contribution in [0.1, 0.15) is 86.5 Å². The second-order valence-corrected chi connectivity index (χ2v) is 41.6. The predicted octanol–water partition coefficient (Wildman–Crippen LogP) is 32.7. The average Bonchev–Trinajstić information content (AvgIpc) is 1.52. The van der Waals surface area contributed by atoms with Gasteiger partial charge in [-0.15, -0.1) is 34.0 Å². The molecule has 0 spiro atoms. The highest BCUT2D eigenvalue weighted by Gasteiger charge is 2.48. The van der Waals surface area contributed by atoms with Crippen molar-refractivity contribution < 1.29 is 0 Å². The minimum Gasteiger partial charge on any atom is -0.278 e. The van der Waals surface area contributed by atoms with Gasteiger partial charge in [0.2, 0.25) is 17.8 Å². The minimum atomic E-state index is -0.527. The third-order valence-corrected chi connectivity index (χ3v) is 33.6. The van der Waals surface area contributed by atoms with Gasteiger partial charge in [0.05, 0.1) is 72.0 Å². The van der Waals surface area contributed by atoms with Crippen molar-refractivity contribution in [1.82, 2.24) is 43.6 Å². The molecule has 0 radical (unpaired) electrons. The van der Waals surface area contributed by atoms with E-state index in [0.29, 0.717) is 24.3 Å². The highest BCUT2D eigenvalue weighted by atomic mass is 32.1. The van der Waals surface area contributed by atoms with E-state index in [9.17, 15) is 0 Å². The summed E-state index contributed by atoms with van der Waals surface area (Å²) < 4.78 is 14.8. The minimum absolute atomic E-state index is 0.222. The lowest BCUT2D eigenvalue weighted by Crippen LogP contribution is -2.24. The lowest BCUT2D eigenvalue weighted by atomic mass is 9.74. The highest BCUT2D eigenvalue weighted by molar-refractivity contribution is 7.27. The molecule has 9 nitrogen and oxygen atoms in total. The van der Waals surface area contributed by atoms with Crippen LogP contribution >= 0.6 is 34.0 Å². The van der Waals surface area contributed by atoms with E-state index in [-0.39, 0.29) is 10.8 Å². The Labute approximate surface area is 789 Å². The van der Waals surface area contributed by atoms with Gasteiger partial charge in [0.15, 0.2) is 0 Å². The van der Waals surface area contributed by atoms with Crippen molar-refractivity contribution in [3.63, 3.8) is 0 Å². The van der Waals surface area contributed by atoms with Gasteiger partial charge in [-0.25, -0.2) is 29.9 Å². The molecule has 1 unspecified atom stereocenters. The van der Waals surface area contributed by atoms with Crippen LogP contribution in [0.2, 0.25) is 0 Å². The zero-order valence-electron chi connectivity index (χ0n) is 74.5. The van der Waals surface area contributed by atoms with Gasteiger partial charge in [0.25, 0.3) is 0 Å². The van der Waals surface area contributed by atoms with Gasteiger partial charge in [0, 0.05) is 132 Å². The van der Waals surface area contributed by atoms with E-state index in [1.807, 2.05) is 34.0 Å². The van der Waals surface area contributed by atoms with E-state index in [0.717, 1.165) is 135 Å². The van der Waals surface area contributed by atoms with Crippen molar-refractivity contribution in [2.45, 2.75) is 70.1 Å². The van der Waals surface area contributed by atoms with Gasteiger partial charge >= 0.3 is 0 Å². The van der Waals surface area contributed by atoms with E-state index < -0.39 is 5.41 Å². The molecule has 636 valence electrons. The molecule has 0 amide bonds. The zero-order chi connectivity index (χ0) is 89.2. The van der Waals surface area contributed by atoms with Crippen molar-refractivity contribution in [2.75, 3.05) is 0 Å². The van der Waals surface area contributed by atoms with Crippen LogP contribution in [0.5, 0.6) is 0 Å². The van der Waals surface area contributed by atoms with E-state index >= 15 is 0 Å². The number of benzene rings is 16. The Hall–Kier alpha value is -15.7. The normalized spacial score (nSPS) is 15.2. The number of thiophene rings is 3. The Kier molecular flexibility index (Phi) is 16.2. The average molecular weight is 1780 g/mol. The summed E-state index contributed by atoms with van der Waals surface area (Å²) in [4.78, 5) is 34.5. The first-order chi connectivity index (χ1) is 66.3. The predicted molar refractivity (Wildman–Crippen MR) is 565 cm³/mol. The van der Waals surface area contributed by atoms with Gasteiger partial charge in [-0.3, -0.25) is 13.7 Å². The van der Waals surface area contributed by atoms with Crippen LogP contribution in [-0.4, -0.2) is 43.6 Å². The lowest BCUT2D eigenvalue weighted by molar-refractivity contribution is 0.588. The van der Waals surface area contributed by atoms with Gasteiger partial charge in [0.1, 0.15) is 0 Å². The van der Waals surface area contributed by atoms with E-state index in [1.54, 1.807) is 0 Å². The number of hydrogen-bond donors (Lipinski definition) is 0. The molecule has 0 saturated carbocycles. The summed E-state index contributed by atoms with van der Waals surface area (Å²) in [5.74, 6) is 1.98. The maximum atomic E-state index is 5.93. The second-order valence-electron chi connectivity index (χ2n) is 38.3. The Morgan fingerprint density at radius 2 is 0.763 bits per heavy atom. The molecule has 0 bridgehead atoms. The van der Waals surface area contributed by atoms with Gasteiger partial charge < -0.3 is 0 Å². The Morgan fingerprint density at radius 3 is 1.42 bits per heavy atom. The molecule has 25 aromatic rings. The first kappa shape index (κ1) is 76.9. The first-order valence-electron chi connectivity index (χ1n) is 46.7. The summed E-state index contributed by atoms with van der Waals surface area (Å²) in [6, 6.07) is 130. The Balaban J connectivity index is 0.537. The van der Waals surface area contributed by atoms with Gasteiger partial charge in [-0.1, -0.05) is 320 Å². The highest BCUT2D eigenvalue weighted by Crippen LogP contribution is 2.62. The summed E-state index contributed by atoms with van der Waals surface area (Å²) in [7, 11) is 0. The monoisotopic (exact) mass is 1780 g/mol. The van der Waals surface area contributed by atoms with Crippen LogP contribution in [0.25, 0.3) is 239 Å². The molecule has 0 saturated heterocycles. The molecular weight excluding hydrogens is 1700 g/mol. The summed E-state index contributed by atoms with van der Waals surface area (Å²) >= 11 is 5.62. The number of aromatic nitrogens is 9. The third kappa shape index (κ3) is 11.0. The smallest absolute Gasteiger partial charge is 0.235 e. The standard InChI is InChI=1S/C123H81N9S3/c1-121(2)90-42-21-15-37-81(90)114-108(121)105-96(60-62-100-103(105)85-41-20-26-47-99(85)133-100)131(114)119-125-94-59-54-76(66-89(94)110(127-119)73-31-11-7-12-32-73)71-48-50-72(51-49-71)77-52-55-86-102(67-77)134-101-63-61-97-106(104(86)101)109-115(82-38-16-22-43-91(82)122(109,3)4)130(97)118-124-93-45-24-18-40-84(93)112(129-118)78-35-27-28-69(64-78)68-123(5)92-44-23-17-39-83(92)113-107(123)87-57-56-80-79-36-19-25-46-98(79)135-117(80)116(87)132(113)120-126-95-58-53-75(70-29-9-6-10-30-70)65-88(95)111(128-120)74-33-13-8-14-34-74/h6-14,16-36,38-67H,15,37,68H2,1-5H3. The molecule has 9 heterocycles. The Morgan fingerprint density at radius 1 is 0.296 bits per heavy atom. The van der Waals surface area contributed by atoms with Crippen LogP contribution in [0.15, 0.2) is 370 Å². The summed E-state index contributed by atoms with van der Waals surface area (Å²) in [5.41, 5.74) is 34.0. The number of hydrogen-bond acceptors (Lipinski definition) is 9. The van der Waals surface area contributed by atoms with E-state index in [4.69, 9.17) is 29.9 Å². The molecule has 4 aliphatic carbocycles. The molecule has 135 heavy (non-hydrogen) atoms. The number of nitrogens with zero attached hydrogens (tertiary/aromatic N) is 9. The van der Waals surface area contributed by atoms with Crippen LogP contribution in [0, 0.1) is 0 Å². The van der Waals surface area contributed by atoms with Crippen LogP contribution < -0.4 is 0 Å². The number of fused-ring (bicyclic) bond motifs is 29. The van der Waals surface area contributed by atoms with Gasteiger partial charge in [-0.2, -0.15) is 0 Å². The molecule has 4 aliphatic rings. The number of allylic oxidation sites excluding steroid dienone is 4. The van der Waals surface area contributed by atoms with Crippen LogP contribution in [-0.2, 0) is 22.7 Å². The summed E-state index contributed by atoms with van der Waals surface area (Å²) in [6.07, 6.45) is 7.43.